The van der Waals surface area contributed by atoms with Gasteiger partial charge in [0.1, 0.15) is 17.2 Å². The number of hydrogen-bond acceptors (Lipinski definition) is 3. The number of nitrogens with zero attached hydrogens (tertiary/aromatic N) is 1. The Labute approximate surface area is 153 Å². The van der Waals surface area contributed by atoms with E-state index < -0.39 is 5.60 Å². The molecule has 0 aliphatic carbocycles. The summed E-state index contributed by atoms with van der Waals surface area (Å²) in [6, 6.07) is 12.0. The molecule has 0 aromatic heterocycles. The van der Waals surface area contributed by atoms with Crippen LogP contribution in [0.15, 0.2) is 48.5 Å². The molecule has 0 bridgehead atoms. The van der Waals surface area contributed by atoms with Crippen LogP contribution in [-0.4, -0.2) is 43.2 Å². The van der Waals surface area contributed by atoms with Crippen molar-refractivity contribution in [2.75, 3.05) is 33.2 Å². The molecular weight excluding hydrogens is 334 g/mol. The first kappa shape index (κ1) is 19.0. The standard InChI is InChI=1S/C21H26F2N2O/c1-24-12-15-25-13-10-18(11-14-25)21(26,16-2-6-19(22)7-3-16)17-4-8-20(23)9-5-17/h2-9,18,24,26H,10-15H2,1H3. The van der Waals surface area contributed by atoms with E-state index in [9.17, 15) is 13.9 Å². The highest BCUT2D eigenvalue weighted by molar-refractivity contribution is 5.37. The number of aliphatic hydroxyl groups is 1. The zero-order chi connectivity index (χ0) is 18.6. The Bertz CT molecular complexity index is 649. The number of likely N-dealkylation sites (N-methyl/N-ethyl adjacent to an activating group) is 1. The first-order valence-corrected chi connectivity index (χ1v) is 9.15. The van der Waals surface area contributed by atoms with Crippen molar-refractivity contribution in [1.29, 1.82) is 0 Å². The summed E-state index contributed by atoms with van der Waals surface area (Å²) in [4.78, 5) is 2.38. The summed E-state index contributed by atoms with van der Waals surface area (Å²) < 4.78 is 26.8. The summed E-state index contributed by atoms with van der Waals surface area (Å²) >= 11 is 0. The number of nitrogens with one attached hydrogen (secondary N) is 1. The van der Waals surface area contributed by atoms with E-state index in [2.05, 4.69) is 10.2 Å². The fourth-order valence-electron chi connectivity index (χ4n) is 3.89. The monoisotopic (exact) mass is 360 g/mol. The molecule has 1 heterocycles. The summed E-state index contributed by atoms with van der Waals surface area (Å²) in [5.41, 5.74) is 0.0506. The molecule has 1 aliphatic rings. The van der Waals surface area contributed by atoms with E-state index in [-0.39, 0.29) is 17.6 Å². The first-order valence-electron chi connectivity index (χ1n) is 9.15. The van der Waals surface area contributed by atoms with Crippen molar-refractivity contribution in [2.45, 2.75) is 18.4 Å². The van der Waals surface area contributed by atoms with Gasteiger partial charge in [0.05, 0.1) is 0 Å². The average Bonchev–Trinajstić information content (AvgIpc) is 2.67. The number of rotatable bonds is 6. The van der Waals surface area contributed by atoms with Crippen LogP contribution in [0.4, 0.5) is 8.78 Å². The Morgan fingerprint density at radius 1 is 0.962 bits per heavy atom. The minimum absolute atomic E-state index is 0.00995. The van der Waals surface area contributed by atoms with Crippen LogP contribution in [0.2, 0.25) is 0 Å². The van der Waals surface area contributed by atoms with Crippen LogP contribution in [0.5, 0.6) is 0 Å². The zero-order valence-electron chi connectivity index (χ0n) is 15.1. The van der Waals surface area contributed by atoms with Gasteiger partial charge >= 0.3 is 0 Å². The molecule has 2 aromatic carbocycles. The van der Waals surface area contributed by atoms with E-state index in [0.717, 1.165) is 39.0 Å². The van der Waals surface area contributed by atoms with Gasteiger partial charge in [0, 0.05) is 13.1 Å². The molecular formula is C21H26F2N2O. The predicted molar refractivity (Wildman–Crippen MR) is 98.9 cm³/mol. The molecule has 1 aliphatic heterocycles. The zero-order valence-corrected chi connectivity index (χ0v) is 15.1. The maximum Gasteiger partial charge on any atom is 0.123 e. The SMILES string of the molecule is CNCCN1CCC(C(O)(c2ccc(F)cc2)c2ccc(F)cc2)CC1. The minimum atomic E-state index is -1.25. The van der Waals surface area contributed by atoms with E-state index in [1.54, 1.807) is 24.3 Å². The number of likely N-dealkylation sites (tertiary alicyclic amines) is 1. The first-order chi connectivity index (χ1) is 12.5. The lowest BCUT2D eigenvalue weighted by Crippen LogP contribution is -2.45. The maximum absolute atomic E-state index is 13.4. The molecule has 2 aromatic rings. The van der Waals surface area contributed by atoms with Crippen LogP contribution in [0.3, 0.4) is 0 Å². The normalized spacial score (nSPS) is 16.8. The third kappa shape index (κ3) is 3.95. The van der Waals surface area contributed by atoms with Gasteiger partial charge in [0.25, 0.3) is 0 Å². The number of benzene rings is 2. The van der Waals surface area contributed by atoms with Gasteiger partial charge in [0.2, 0.25) is 0 Å². The topological polar surface area (TPSA) is 35.5 Å². The van der Waals surface area contributed by atoms with E-state index in [1.165, 1.54) is 24.3 Å². The van der Waals surface area contributed by atoms with Gasteiger partial charge < -0.3 is 15.3 Å². The smallest absolute Gasteiger partial charge is 0.123 e. The van der Waals surface area contributed by atoms with Gasteiger partial charge in [-0.15, -0.1) is 0 Å². The second-order valence-electron chi connectivity index (χ2n) is 7.00. The highest BCUT2D eigenvalue weighted by atomic mass is 19.1. The number of halogens is 2. The molecule has 3 rings (SSSR count). The molecule has 0 unspecified atom stereocenters. The molecule has 3 nitrogen and oxygen atoms in total. The van der Waals surface area contributed by atoms with Crippen LogP contribution in [0.25, 0.3) is 0 Å². The maximum atomic E-state index is 13.4. The van der Waals surface area contributed by atoms with Gasteiger partial charge in [-0.3, -0.25) is 0 Å². The van der Waals surface area contributed by atoms with Crippen LogP contribution in [-0.2, 0) is 5.60 Å². The molecule has 0 spiro atoms. The van der Waals surface area contributed by atoms with Gasteiger partial charge in [-0.1, -0.05) is 24.3 Å². The van der Waals surface area contributed by atoms with Crippen LogP contribution >= 0.6 is 0 Å². The van der Waals surface area contributed by atoms with Gasteiger partial charge in [-0.25, -0.2) is 8.78 Å². The Hall–Kier alpha value is -1.82. The molecule has 0 amide bonds. The molecule has 26 heavy (non-hydrogen) atoms. The van der Waals surface area contributed by atoms with E-state index >= 15 is 0 Å². The molecule has 1 saturated heterocycles. The minimum Gasteiger partial charge on any atom is -0.380 e. The van der Waals surface area contributed by atoms with Crippen molar-refractivity contribution in [1.82, 2.24) is 10.2 Å². The highest BCUT2D eigenvalue weighted by Crippen LogP contribution is 2.42. The van der Waals surface area contributed by atoms with Crippen molar-refractivity contribution < 1.29 is 13.9 Å². The van der Waals surface area contributed by atoms with Gasteiger partial charge in [-0.2, -0.15) is 0 Å². The molecule has 2 N–H and O–H groups in total. The Morgan fingerprint density at radius 2 is 1.42 bits per heavy atom. The predicted octanol–water partition coefficient (Wildman–Crippen LogP) is 3.13. The second-order valence-corrected chi connectivity index (χ2v) is 7.00. The summed E-state index contributed by atoms with van der Waals surface area (Å²) in [6.45, 7) is 3.72. The summed E-state index contributed by atoms with van der Waals surface area (Å²) in [5, 5.41) is 14.9. The van der Waals surface area contributed by atoms with E-state index in [4.69, 9.17) is 0 Å². The van der Waals surface area contributed by atoms with Crippen molar-refractivity contribution in [3.05, 3.63) is 71.3 Å². The van der Waals surface area contributed by atoms with Gasteiger partial charge in [-0.05, 0) is 74.3 Å². The molecule has 0 atom stereocenters. The molecule has 0 radical (unpaired) electrons. The molecule has 0 saturated carbocycles. The van der Waals surface area contributed by atoms with Gasteiger partial charge in [0.15, 0.2) is 0 Å². The lowest BCUT2D eigenvalue weighted by Gasteiger charge is -2.42. The third-order valence-corrected chi connectivity index (χ3v) is 5.43. The van der Waals surface area contributed by atoms with Crippen molar-refractivity contribution in [3.63, 3.8) is 0 Å². The van der Waals surface area contributed by atoms with E-state index in [1.807, 2.05) is 7.05 Å². The Morgan fingerprint density at radius 3 is 1.85 bits per heavy atom. The van der Waals surface area contributed by atoms with Crippen LogP contribution in [0, 0.1) is 17.6 Å². The summed E-state index contributed by atoms with van der Waals surface area (Å²) in [7, 11) is 1.94. The van der Waals surface area contributed by atoms with Crippen molar-refractivity contribution in [3.8, 4) is 0 Å². The van der Waals surface area contributed by atoms with Crippen molar-refractivity contribution >= 4 is 0 Å². The average molecular weight is 360 g/mol. The van der Waals surface area contributed by atoms with Crippen LogP contribution in [0.1, 0.15) is 24.0 Å². The fraction of sp³-hybridized carbons (Fsp3) is 0.429. The Balaban J connectivity index is 1.89. The summed E-state index contributed by atoms with van der Waals surface area (Å²) in [6.07, 6.45) is 1.66. The highest BCUT2D eigenvalue weighted by Gasteiger charge is 2.41. The quantitative estimate of drug-likeness (QED) is 0.831. The Kier molecular flexibility index (Phi) is 6.01. The molecule has 5 heteroatoms. The second kappa shape index (κ2) is 8.25. The van der Waals surface area contributed by atoms with E-state index in [0.29, 0.717) is 11.1 Å². The van der Waals surface area contributed by atoms with Crippen LogP contribution < -0.4 is 5.32 Å². The van der Waals surface area contributed by atoms with Crippen molar-refractivity contribution in [2.24, 2.45) is 5.92 Å². The lowest BCUT2D eigenvalue weighted by atomic mass is 9.72. The number of hydrogen-bond donors (Lipinski definition) is 2. The molecule has 1 fully saturated rings. The lowest BCUT2D eigenvalue weighted by molar-refractivity contribution is -0.0140. The largest absolute Gasteiger partial charge is 0.380 e. The number of piperidine rings is 1. The molecule has 140 valence electrons. The summed E-state index contributed by atoms with van der Waals surface area (Å²) in [5.74, 6) is -0.682. The third-order valence-electron chi connectivity index (χ3n) is 5.43. The fourth-order valence-corrected chi connectivity index (χ4v) is 3.89.